The van der Waals surface area contributed by atoms with Gasteiger partial charge in [0.15, 0.2) is 0 Å². The van der Waals surface area contributed by atoms with E-state index in [0.29, 0.717) is 19.3 Å². The summed E-state index contributed by atoms with van der Waals surface area (Å²) in [5.41, 5.74) is 2.17. The van der Waals surface area contributed by atoms with Crippen LogP contribution in [0.1, 0.15) is 77.6 Å². The molecule has 0 bridgehead atoms. The lowest BCUT2D eigenvalue weighted by Crippen LogP contribution is -2.26. The molecule has 0 saturated carbocycles. The van der Waals surface area contributed by atoms with Crippen LogP contribution in [0.25, 0.3) is 0 Å². The van der Waals surface area contributed by atoms with Gasteiger partial charge in [0.1, 0.15) is 0 Å². The van der Waals surface area contributed by atoms with Crippen LogP contribution >= 0.6 is 0 Å². The van der Waals surface area contributed by atoms with Crippen LogP contribution < -0.4 is 5.48 Å². The number of methoxy groups -OCH3 is 1. The first kappa shape index (κ1) is 20.4. The van der Waals surface area contributed by atoms with Crippen LogP contribution in [-0.2, 0) is 24.0 Å². The number of rotatable bonds is 12. The van der Waals surface area contributed by atoms with Crippen molar-refractivity contribution in [3.05, 3.63) is 0 Å². The molecule has 0 aliphatic carbocycles. The van der Waals surface area contributed by atoms with Gasteiger partial charge in [-0.05, 0) is 19.3 Å². The Balaban J connectivity index is 3.45. The average molecular weight is 315 g/mol. The molecule has 6 nitrogen and oxygen atoms in total. The second-order valence-electron chi connectivity index (χ2n) is 5.30. The van der Waals surface area contributed by atoms with E-state index in [1.807, 2.05) is 0 Å². The third kappa shape index (κ3) is 13.4. The number of unbranched alkanes of at least 4 members (excludes halogenated alkanes) is 6. The number of hydrogen-bond acceptors (Lipinski definition) is 5. The highest BCUT2D eigenvalue weighted by molar-refractivity contribution is 5.77. The molecule has 0 atom stereocenters. The van der Waals surface area contributed by atoms with Gasteiger partial charge in [0.25, 0.3) is 5.91 Å². The van der Waals surface area contributed by atoms with Crippen LogP contribution in [0.5, 0.6) is 0 Å². The standard InChI is InChI=1S/C16H29NO5/c1-3-4-5-6-7-8-11-14(18)17-22-16(20)13-10-9-12-15(19)21-2/h3-13H2,1-2H3,(H,17,18). The summed E-state index contributed by atoms with van der Waals surface area (Å²) < 4.78 is 4.49. The van der Waals surface area contributed by atoms with Crippen LogP contribution in [0.15, 0.2) is 0 Å². The smallest absolute Gasteiger partial charge is 0.332 e. The van der Waals surface area contributed by atoms with Crippen molar-refractivity contribution in [3.63, 3.8) is 0 Å². The molecule has 1 amide bonds. The van der Waals surface area contributed by atoms with E-state index in [2.05, 4.69) is 22.0 Å². The van der Waals surface area contributed by atoms with Gasteiger partial charge < -0.3 is 9.57 Å². The number of hydrogen-bond donors (Lipinski definition) is 1. The molecule has 0 aliphatic heterocycles. The maximum absolute atomic E-state index is 11.4. The molecule has 22 heavy (non-hydrogen) atoms. The lowest BCUT2D eigenvalue weighted by Gasteiger charge is -2.05. The van der Waals surface area contributed by atoms with Crippen molar-refractivity contribution in [1.29, 1.82) is 0 Å². The highest BCUT2D eigenvalue weighted by atomic mass is 16.7. The number of nitrogens with one attached hydrogen (secondary N) is 1. The molecule has 0 aromatic carbocycles. The van der Waals surface area contributed by atoms with Crippen LogP contribution in [0.2, 0.25) is 0 Å². The molecule has 1 N–H and O–H groups in total. The van der Waals surface area contributed by atoms with Gasteiger partial charge in [-0.25, -0.2) is 4.79 Å². The summed E-state index contributed by atoms with van der Waals surface area (Å²) in [7, 11) is 1.33. The molecule has 0 aromatic rings. The summed E-state index contributed by atoms with van der Waals surface area (Å²) in [5, 5.41) is 0. The lowest BCUT2D eigenvalue weighted by molar-refractivity contribution is -0.158. The Bertz CT molecular complexity index is 330. The number of ether oxygens (including phenoxy) is 1. The number of amides is 1. The topological polar surface area (TPSA) is 81.7 Å². The molecule has 0 aliphatic rings. The van der Waals surface area contributed by atoms with Gasteiger partial charge in [-0.2, -0.15) is 5.48 Å². The maximum atomic E-state index is 11.4. The van der Waals surface area contributed by atoms with Gasteiger partial charge in [-0.15, -0.1) is 0 Å². The maximum Gasteiger partial charge on any atom is 0.332 e. The number of hydroxylamine groups is 1. The Labute approximate surface area is 132 Å². The third-order valence-electron chi connectivity index (χ3n) is 3.28. The van der Waals surface area contributed by atoms with Crippen LogP contribution in [0, 0.1) is 0 Å². The second kappa shape index (κ2) is 14.4. The molecule has 0 fully saturated rings. The van der Waals surface area contributed by atoms with Crippen molar-refractivity contribution in [3.8, 4) is 0 Å². The lowest BCUT2D eigenvalue weighted by atomic mass is 10.1. The molecule has 0 aromatic heterocycles. The monoisotopic (exact) mass is 315 g/mol. The summed E-state index contributed by atoms with van der Waals surface area (Å²) in [5.74, 6) is -1.04. The van der Waals surface area contributed by atoms with Crippen molar-refractivity contribution in [2.45, 2.75) is 77.6 Å². The summed E-state index contributed by atoms with van der Waals surface area (Å²) in [4.78, 5) is 38.3. The van der Waals surface area contributed by atoms with E-state index in [9.17, 15) is 14.4 Å². The van der Waals surface area contributed by atoms with Gasteiger partial charge in [0.05, 0.1) is 7.11 Å². The minimum Gasteiger partial charge on any atom is -0.469 e. The Hall–Kier alpha value is -1.59. The van der Waals surface area contributed by atoms with Crippen molar-refractivity contribution in [1.82, 2.24) is 5.48 Å². The van der Waals surface area contributed by atoms with Gasteiger partial charge in [0, 0.05) is 19.3 Å². The molecular formula is C16H29NO5. The number of carbonyl (C=O) groups excluding carboxylic acids is 3. The van der Waals surface area contributed by atoms with Crippen LogP contribution in [-0.4, -0.2) is 25.0 Å². The fourth-order valence-corrected chi connectivity index (χ4v) is 1.92. The van der Waals surface area contributed by atoms with Crippen LogP contribution in [0.3, 0.4) is 0 Å². The molecular weight excluding hydrogens is 286 g/mol. The molecule has 0 unspecified atom stereocenters. The quantitative estimate of drug-likeness (QED) is 0.340. The van der Waals surface area contributed by atoms with E-state index in [0.717, 1.165) is 19.3 Å². The largest absolute Gasteiger partial charge is 0.469 e. The molecule has 0 spiro atoms. The van der Waals surface area contributed by atoms with Gasteiger partial charge in [0.2, 0.25) is 0 Å². The Kier molecular flexibility index (Phi) is 13.3. The van der Waals surface area contributed by atoms with E-state index >= 15 is 0 Å². The van der Waals surface area contributed by atoms with Crippen LogP contribution in [0.4, 0.5) is 0 Å². The van der Waals surface area contributed by atoms with E-state index in [4.69, 9.17) is 0 Å². The average Bonchev–Trinajstić information content (AvgIpc) is 2.52. The van der Waals surface area contributed by atoms with E-state index in [1.165, 1.54) is 26.4 Å². The molecule has 6 heteroatoms. The van der Waals surface area contributed by atoms with E-state index in [-0.39, 0.29) is 24.7 Å². The van der Waals surface area contributed by atoms with Crippen molar-refractivity contribution in [2.24, 2.45) is 0 Å². The van der Waals surface area contributed by atoms with E-state index < -0.39 is 5.97 Å². The van der Waals surface area contributed by atoms with E-state index in [1.54, 1.807) is 0 Å². The summed E-state index contributed by atoms with van der Waals surface area (Å²) in [6.07, 6.45) is 8.55. The molecule has 0 rings (SSSR count). The molecule has 128 valence electrons. The minimum atomic E-state index is -0.485. The second-order valence-corrected chi connectivity index (χ2v) is 5.30. The zero-order chi connectivity index (χ0) is 16.6. The third-order valence-corrected chi connectivity index (χ3v) is 3.28. The first-order valence-corrected chi connectivity index (χ1v) is 8.15. The van der Waals surface area contributed by atoms with Gasteiger partial charge in [-0.3, -0.25) is 9.59 Å². The predicted molar refractivity (Wildman–Crippen MR) is 82.7 cm³/mol. The van der Waals surface area contributed by atoms with Gasteiger partial charge >= 0.3 is 11.9 Å². The highest BCUT2D eigenvalue weighted by Gasteiger charge is 2.07. The van der Waals surface area contributed by atoms with Crippen molar-refractivity contribution >= 4 is 17.8 Å². The van der Waals surface area contributed by atoms with Crippen molar-refractivity contribution < 1.29 is 24.0 Å². The Morgan fingerprint density at radius 3 is 1.95 bits per heavy atom. The van der Waals surface area contributed by atoms with Gasteiger partial charge in [-0.1, -0.05) is 39.0 Å². The zero-order valence-corrected chi connectivity index (χ0v) is 13.8. The first-order chi connectivity index (χ1) is 10.6. The minimum absolute atomic E-state index is 0.175. The number of carbonyl (C=O) groups is 3. The summed E-state index contributed by atoms with van der Waals surface area (Å²) in [6.45, 7) is 2.16. The molecule has 0 radical (unpaired) electrons. The molecule has 0 heterocycles. The first-order valence-electron chi connectivity index (χ1n) is 8.15. The Morgan fingerprint density at radius 1 is 0.773 bits per heavy atom. The SMILES string of the molecule is CCCCCCCCC(=O)NOC(=O)CCCCC(=O)OC. The number of esters is 1. The fourth-order valence-electron chi connectivity index (χ4n) is 1.92. The zero-order valence-electron chi connectivity index (χ0n) is 13.8. The summed E-state index contributed by atoms with van der Waals surface area (Å²) >= 11 is 0. The summed E-state index contributed by atoms with van der Waals surface area (Å²) in [6, 6.07) is 0. The fraction of sp³-hybridized carbons (Fsp3) is 0.812. The Morgan fingerprint density at radius 2 is 1.32 bits per heavy atom. The predicted octanol–water partition coefficient (Wildman–Crippen LogP) is 3.04. The van der Waals surface area contributed by atoms with Crippen molar-refractivity contribution in [2.75, 3.05) is 7.11 Å². The highest BCUT2D eigenvalue weighted by Crippen LogP contribution is 2.07. The molecule has 0 saturated heterocycles. The normalized spacial score (nSPS) is 10.1.